The Labute approximate surface area is 135 Å². The van der Waals surface area contributed by atoms with Crippen molar-refractivity contribution in [3.63, 3.8) is 0 Å². The van der Waals surface area contributed by atoms with Gasteiger partial charge in [0.2, 0.25) is 0 Å². The molecule has 22 heavy (non-hydrogen) atoms. The highest BCUT2D eigenvalue weighted by molar-refractivity contribution is 8.00. The molecule has 1 fully saturated rings. The van der Waals surface area contributed by atoms with Crippen molar-refractivity contribution in [2.45, 2.75) is 6.92 Å². The first-order chi connectivity index (χ1) is 10.4. The molecule has 0 saturated carbocycles. The Bertz CT molecular complexity index is 763. The molecule has 0 N–H and O–H groups in total. The van der Waals surface area contributed by atoms with Crippen LogP contribution in [0.1, 0.15) is 12.5 Å². The van der Waals surface area contributed by atoms with Gasteiger partial charge in [0.05, 0.1) is 0 Å². The average molecular weight is 340 g/mol. The number of amidine groups is 1. The number of likely N-dealkylation sites (N-methyl/N-ethyl adjacent to an activating group) is 1. The van der Waals surface area contributed by atoms with E-state index in [9.17, 15) is 8.42 Å². The summed E-state index contributed by atoms with van der Waals surface area (Å²) in [5.74, 6) is 0.572. The lowest BCUT2D eigenvalue weighted by Crippen LogP contribution is -2.47. The summed E-state index contributed by atoms with van der Waals surface area (Å²) >= 11 is 5.99. The van der Waals surface area contributed by atoms with E-state index in [1.54, 1.807) is 24.3 Å². The maximum atomic E-state index is 12.5. The van der Waals surface area contributed by atoms with Crippen molar-refractivity contribution in [2.24, 2.45) is 4.40 Å². The molecule has 0 amide bonds. The van der Waals surface area contributed by atoms with E-state index in [0.717, 1.165) is 26.2 Å². The van der Waals surface area contributed by atoms with Gasteiger partial charge in [-0.1, -0.05) is 23.7 Å². The van der Waals surface area contributed by atoms with Crippen LogP contribution in [0.4, 0.5) is 0 Å². The second-order valence-electron chi connectivity index (χ2n) is 5.64. The quantitative estimate of drug-likeness (QED) is 0.786. The van der Waals surface area contributed by atoms with Crippen LogP contribution in [0.25, 0.3) is 4.91 Å². The van der Waals surface area contributed by atoms with E-state index in [1.165, 1.54) is 0 Å². The topological polar surface area (TPSA) is 53.0 Å². The first kappa shape index (κ1) is 15.5. The molecule has 2 heterocycles. The van der Waals surface area contributed by atoms with Crippen LogP contribution in [0.2, 0.25) is 5.02 Å². The zero-order valence-corrected chi connectivity index (χ0v) is 14.2. The van der Waals surface area contributed by atoms with E-state index in [-0.39, 0.29) is 4.91 Å². The minimum atomic E-state index is -3.66. The molecule has 118 valence electrons. The summed E-state index contributed by atoms with van der Waals surface area (Å²) in [6, 6.07) is 6.90. The van der Waals surface area contributed by atoms with E-state index in [4.69, 9.17) is 11.6 Å². The highest BCUT2D eigenvalue weighted by atomic mass is 35.5. The van der Waals surface area contributed by atoms with Crippen molar-refractivity contribution in [3.05, 3.63) is 40.4 Å². The molecule has 0 spiro atoms. The number of halogens is 1. The fraction of sp³-hybridized carbons (Fsp3) is 0.400. The summed E-state index contributed by atoms with van der Waals surface area (Å²) in [5.41, 5.74) is 1.30. The molecule has 3 rings (SSSR count). The van der Waals surface area contributed by atoms with Gasteiger partial charge >= 0.3 is 0 Å². The Hall–Kier alpha value is -1.37. The van der Waals surface area contributed by atoms with Gasteiger partial charge in [-0.25, -0.2) is 0 Å². The molecule has 0 aromatic heterocycles. The number of sulfonamides is 1. The third-order valence-electron chi connectivity index (χ3n) is 4.03. The SMILES string of the molecule is CC1=C(c2cccc(Cl)c2)S(=O)(=O)N=C1N1CCN(C)CC1. The molecule has 2 aliphatic rings. The smallest absolute Gasteiger partial charge is 0.285 e. The maximum Gasteiger partial charge on any atom is 0.285 e. The normalized spacial score (nSPS) is 22.1. The second-order valence-corrected chi connectivity index (χ2v) is 7.62. The van der Waals surface area contributed by atoms with Crippen LogP contribution in [-0.2, 0) is 10.0 Å². The second kappa shape index (κ2) is 5.68. The Balaban J connectivity index is 2.01. The van der Waals surface area contributed by atoms with E-state index >= 15 is 0 Å². The van der Waals surface area contributed by atoms with Crippen molar-refractivity contribution in [1.29, 1.82) is 0 Å². The van der Waals surface area contributed by atoms with E-state index in [0.29, 0.717) is 22.0 Å². The minimum Gasteiger partial charge on any atom is -0.353 e. The van der Waals surface area contributed by atoms with Crippen LogP contribution >= 0.6 is 11.6 Å². The largest absolute Gasteiger partial charge is 0.353 e. The highest BCUT2D eigenvalue weighted by Gasteiger charge is 2.34. The van der Waals surface area contributed by atoms with Crippen molar-refractivity contribution in [3.8, 4) is 0 Å². The molecule has 0 radical (unpaired) electrons. The molecule has 2 aliphatic heterocycles. The molecule has 1 aromatic rings. The minimum absolute atomic E-state index is 0.268. The third kappa shape index (κ3) is 2.78. The van der Waals surface area contributed by atoms with E-state index in [1.807, 2.05) is 11.8 Å². The van der Waals surface area contributed by atoms with Crippen LogP contribution in [-0.4, -0.2) is 57.3 Å². The third-order valence-corrected chi connectivity index (χ3v) is 5.74. The number of hydrogen-bond donors (Lipinski definition) is 0. The van der Waals surface area contributed by atoms with Gasteiger partial charge in [-0.3, -0.25) is 0 Å². The fourth-order valence-corrected chi connectivity index (χ4v) is 4.50. The van der Waals surface area contributed by atoms with Crippen LogP contribution < -0.4 is 0 Å². The zero-order valence-electron chi connectivity index (χ0n) is 12.6. The molecule has 0 unspecified atom stereocenters. The predicted octanol–water partition coefficient (Wildman–Crippen LogP) is 2.06. The van der Waals surface area contributed by atoms with Gasteiger partial charge < -0.3 is 9.80 Å². The Morgan fingerprint density at radius 1 is 1.18 bits per heavy atom. The van der Waals surface area contributed by atoms with Crippen molar-refractivity contribution >= 4 is 32.4 Å². The van der Waals surface area contributed by atoms with Crippen LogP contribution in [0, 0.1) is 0 Å². The molecular formula is C15H18ClN3O2S. The summed E-state index contributed by atoms with van der Waals surface area (Å²) in [5, 5.41) is 0.515. The van der Waals surface area contributed by atoms with Gasteiger partial charge in [0.25, 0.3) is 10.0 Å². The summed E-state index contributed by atoms with van der Waals surface area (Å²) in [6.07, 6.45) is 0. The average Bonchev–Trinajstić information content (AvgIpc) is 2.69. The van der Waals surface area contributed by atoms with Gasteiger partial charge in [-0.2, -0.15) is 8.42 Å². The standard InChI is InChI=1S/C15H18ClN3O2S/c1-11-14(12-4-3-5-13(16)10-12)22(20,21)17-15(11)19-8-6-18(2)7-9-19/h3-5,10H,6-9H2,1-2H3. The molecule has 7 heteroatoms. The predicted molar refractivity (Wildman–Crippen MR) is 89.5 cm³/mol. The molecule has 0 atom stereocenters. The van der Waals surface area contributed by atoms with Crippen molar-refractivity contribution in [2.75, 3.05) is 33.2 Å². The maximum absolute atomic E-state index is 12.5. The Kier molecular flexibility index (Phi) is 4.01. The van der Waals surface area contributed by atoms with Gasteiger partial charge in [0.15, 0.2) is 0 Å². The lowest BCUT2D eigenvalue weighted by molar-refractivity contribution is 0.216. The molecule has 1 aromatic carbocycles. The summed E-state index contributed by atoms with van der Waals surface area (Å²) in [6.45, 7) is 5.19. The molecule has 1 saturated heterocycles. The van der Waals surface area contributed by atoms with Gasteiger partial charge in [-0.05, 0) is 31.7 Å². The lowest BCUT2D eigenvalue weighted by atomic mass is 10.1. The van der Waals surface area contributed by atoms with Crippen molar-refractivity contribution in [1.82, 2.24) is 9.80 Å². The van der Waals surface area contributed by atoms with Crippen LogP contribution in [0.3, 0.4) is 0 Å². The number of piperazine rings is 1. The molecule has 5 nitrogen and oxygen atoms in total. The highest BCUT2D eigenvalue weighted by Crippen LogP contribution is 2.34. The number of benzene rings is 1. The van der Waals surface area contributed by atoms with Crippen LogP contribution in [0.5, 0.6) is 0 Å². The van der Waals surface area contributed by atoms with E-state index < -0.39 is 10.0 Å². The number of rotatable bonds is 1. The summed E-state index contributed by atoms with van der Waals surface area (Å²) < 4.78 is 29.0. The Morgan fingerprint density at radius 2 is 1.86 bits per heavy atom. The summed E-state index contributed by atoms with van der Waals surface area (Å²) in [4.78, 5) is 4.53. The van der Waals surface area contributed by atoms with Gasteiger partial charge in [0.1, 0.15) is 10.7 Å². The molecule has 0 bridgehead atoms. The van der Waals surface area contributed by atoms with E-state index in [2.05, 4.69) is 16.3 Å². The number of nitrogens with zero attached hydrogens (tertiary/aromatic N) is 3. The number of hydrogen-bond acceptors (Lipinski definition) is 4. The van der Waals surface area contributed by atoms with Gasteiger partial charge in [0, 0.05) is 36.8 Å². The zero-order chi connectivity index (χ0) is 15.9. The fourth-order valence-electron chi connectivity index (χ4n) is 2.83. The van der Waals surface area contributed by atoms with Crippen molar-refractivity contribution < 1.29 is 8.42 Å². The first-order valence-corrected chi connectivity index (χ1v) is 8.96. The first-order valence-electron chi connectivity index (χ1n) is 7.14. The van der Waals surface area contributed by atoms with Gasteiger partial charge in [-0.15, -0.1) is 4.40 Å². The monoisotopic (exact) mass is 339 g/mol. The summed E-state index contributed by atoms with van der Waals surface area (Å²) in [7, 11) is -1.60. The molecular weight excluding hydrogens is 322 g/mol. The van der Waals surface area contributed by atoms with Crippen LogP contribution in [0.15, 0.2) is 34.2 Å². The molecule has 0 aliphatic carbocycles. The lowest BCUT2D eigenvalue weighted by Gasteiger charge is -2.33. The Morgan fingerprint density at radius 3 is 2.50 bits per heavy atom.